The van der Waals surface area contributed by atoms with E-state index >= 15 is 0 Å². The Morgan fingerprint density at radius 2 is 1.22 bits per heavy atom. The van der Waals surface area contributed by atoms with Crippen molar-refractivity contribution in [1.29, 1.82) is 0 Å². The van der Waals surface area contributed by atoms with Crippen molar-refractivity contribution in [2.24, 2.45) is 9.98 Å². The topological polar surface area (TPSA) is 83.6 Å². The molecule has 1 aliphatic rings. The number of rotatable bonds is 6. The number of phenolic OH excluding ortho intramolecular Hbond substituents is 2. The molecule has 1 aliphatic heterocycles. The molecule has 0 saturated carbocycles. The van der Waals surface area contributed by atoms with Gasteiger partial charge in [-0.05, 0) is 38.1 Å². The average molecular weight is 368 g/mol. The molecular formula is C21H24N2O4. The lowest BCUT2D eigenvalue weighted by Crippen LogP contribution is -2.28. The maximum absolute atomic E-state index is 9.80. The smallest absolute Gasteiger partial charge is 0.163 e. The number of para-hydroxylation sites is 2. The molecule has 0 spiro atoms. The number of benzene rings is 2. The highest BCUT2D eigenvalue weighted by molar-refractivity contribution is 5.83. The average Bonchev–Trinajstić information content (AvgIpc) is 2.92. The van der Waals surface area contributed by atoms with Gasteiger partial charge in [-0.25, -0.2) is 0 Å². The third-order valence-electron chi connectivity index (χ3n) is 4.19. The molecule has 1 saturated heterocycles. The SMILES string of the molecule is CC1(C)O[C@@H](CN=Cc2ccccc2O)[C@H](CN=Cc2ccccc2O)O1. The second kappa shape index (κ2) is 8.33. The summed E-state index contributed by atoms with van der Waals surface area (Å²) in [6.07, 6.45) is 2.77. The van der Waals surface area contributed by atoms with Crippen molar-refractivity contribution >= 4 is 12.4 Å². The minimum absolute atomic E-state index is 0.189. The molecule has 142 valence electrons. The van der Waals surface area contributed by atoms with Crippen molar-refractivity contribution in [2.75, 3.05) is 13.1 Å². The van der Waals surface area contributed by atoms with E-state index in [1.807, 2.05) is 26.0 Å². The maximum atomic E-state index is 9.80. The van der Waals surface area contributed by atoms with Crippen molar-refractivity contribution in [3.8, 4) is 11.5 Å². The molecule has 0 amide bonds. The molecule has 2 aromatic carbocycles. The molecule has 0 bridgehead atoms. The van der Waals surface area contributed by atoms with Gasteiger partial charge in [-0.1, -0.05) is 24.3 Å². The predicted octanol–water partition coefficient (Wildman–Crippen LogP) is 3.16. The van der Waals surface area contributed by atoms with Crippen LogP contribution in [0.2, 0.25) is 0 Å². The van der Waals surface area contributed by atoms with E-state index < -0.39 is 5.79 Å². The van der Waals surface area contributed by atoms with Gasteiger partial charge in [0.05, 0.1) is 13.1 Å². The summed E-state index contributed by atoms with van der Waals surface area (Å²) in [4.78, 5) is 8.80. The largest absolute Gasteiger partial charge is 0.507 e. The van der Waals surface area contributed by atoms with Crippen LogP contribution in [0.4, 0.5) is 0 Å². The van der Waals surface area contributed by atoms with Crippen LogP contribution in [0.5, 0.6) is 11.5 Å². The molecule has 0 aliphatic carbocycles. The molecule has 1 heterocycles. The molecule has 6 heteroatoms. The summed E-state index contributed by atoms with van der Waals surface area (Å²) in [5.41, 5.74) is 1.31. The Morgan fingerprint density at radius 1 is 0.815 bits per heavy atom. The van der Waals surface area contributed by atoms with Crippen LogP contribution in [-0.4, -0.2) is 53.7 Å². The lowest BCUT2D eigenvalue weighted by atomic mass is 10.2. The van der Waals surface area contributed by atoms with Crippen LogP contribution in [0.15, 0.2) is 58.5 Å². The van der Waals surface area contributed by atoms with Gasteiger partial charge in [0.1, 0.15) is 23.7 Å². The van der Waals surface area contributed by atoms with Gasteiger partial charge < -0.3 is 19.7 Å². The van der Waals surface area contributed by atoms with Crippen molar-refractivity contribution in [3.05, 3.63) is 59.7 Å². The highest BCUT2D eigenvalue weighted by Gasteiger charge is 2.40. The van der Waals surface area contributed by atoms with Gasteiger partial charge in [-0.2, -0.15) is 0 Å². The molecule has 0 unspecified atom stereocenters. The number of hydrogen-bond donors (Lipinski definition) is 2. The van der Waals surface area contributed by atoms with Gasteiger partial charge in [-0.3, -0.25) is 9.98 Å². The fraction of sp³-hybridized carbons (Fsp3) is 0.333. The van der Waals surface area contributed by atoms with Gasteiger partial charge in [0, 0.05) is 23.6 Å². The fourth-order valence-electron chi connectivity index (χ4n) is 2.92. The van der Waals surface area contributed by atoms with Crippen LogP contribution in [-0.2, 0) is 9.47 Å². The lowest BCUT2D eigenvalue weighted by Gasteiger charge is -2.16. The van der Waals surface area contributed by atoms with E-state index in [1.54, 1.807) is 48.8 Å². The maximum Gasteiger partial charge on any atom is 0.163 e. The molecule has 6 nitrogen and oxygen atoms in total. The normalized spacial score (nSPS) is 22.0. The van der Waals surface area contributed by atoms with E-state index in [0.717, 1.165) is 0 Å². The van der Waals surface area contributed by atoms with Crippen molar-refractivity contribution in [3.63, 3.8) is 0 Å². The van der Waals surface area contributed by atoms with E-state index in [-0.39, 0.29) is 23.7 Å². The molecule has 1 fully saturated rings. The first-order valence-electron chi connectivity index (χ1n) is 8.86. The first kappa shape index (κ1) is 19.1. The number of hydrogen-bond acceptors (Lipinski definition) is 6. The number of phenols is 2. The minimum atomic E-state index is -0.704. The summed E-state index contributed by atoms with van der Waals surface area (Å²) in [5, 5.41) is 19.6. The van der Waals surface area contributed by atoms with E-state index in [2.05, 4.69) is 9.98 Å². The monoisotopic (exact) mass is 368 g/mol. The second-order valence-electron chi connectivity index (χ2n) is 6.82. The zero-order chi connectivity index (χ0) is 19.3. The second-order valence-corrected chi connectivity index (χ2v) is 6.82. The van der Waals surface area contributed by atoms with E-state index in [0.29, 0.717) is 24.2 Å². The first-order chi connectivity index (χ1) is 12.9. The van der Waals surface area contributed by atoms with E-state index in [4.69, 9.17) is 9.47 Å². The number of aliphatic imine (C=N–C) groups is 2. The van der Waals surface area contributed by atoms with Crippen LogP contribution in [0, 0.1) is 0 Å². The molecule has 2 atom stereocenters. The Labute approximate surface area is 158 Å². The van der Waals surface area contributed by atoms with E-state index in [9.17, 15) is 10.2 Å². The lowest BCUT2D eigenvalue weighted by molar-refractivity contribution is -0.144. The van der Waals surface area contributed by atoms with Crippen LogP contribution < -0.4 is 0 Å². The van der Waals surface area contributed by atoms with Gasteiger partial charge in [0.25, 0.3) is 0 Å². The molecule has 2 N–H and O–H groups in total. The molecule has 0 radical (unpaired) electrons. The number of ether oxygens (including phenoxy) is 2. The Morgan fingerprint density at radius 3 is 1.63 bits per heavy atom. The number of aromatic hydroxyl groups is 2. The molecule has 27 heavy (non-hydrogen) atoms. The molecular weight excluding hydrogens is 344 g/mol. The van der Waals surface area contributed by atoms with Gasteiger partial charge in [0.15, 0.2) is 5.79 Å². The predicted molar refractivity (Wildman–Crippen MR) is 105 cm³/mol. The van der Waals surface area contributed by atoms with Crippen molar-refractivity contribution < 1.29 is 19.7 Å². The summed E-state index contributed by atoms with van der Waals surface area (Å²) < 4.78 is 11.9. The van der Waals surface area contributed by atoms with Gasteiger partial charge in [0.2, 0.25) is 0 Å². The summed E-state index contributed by atoms with van der Waals surface area (Å²) in [6, 6.07) is 14.0. The van der Waals surface area contributed by atoms with Gasteiger partial charge >= 0.3 is 0 Å². The number of nitrogens with zero attached hydrogens (tertiary/aromatic N) is 2. The van der Waals surface area contributed by atoms with Crippen LogP contribution >= 0.6 is 0 Å². The Balaban J connectivity index is 1.63. The summed E-state index contributed by atoms with van der Waals surface area (Å²) in [6.45, 7) is 4.52. The van der Waals surface area contributed by atoms with Crippen molar-refractivity contribution in [1.82, 2.24) is 0 Å². The zero-order valence-corrected chi connectivity index (χ0v) is 15.4. The third kappa shape index (κ3) is 5.15. The molecule has 3 rings (SSSR count). The molecule has 0 aromatic heterocycles. The van der Waals surface area contributed by atoms with Crippen molar-refractivity contribution in [2.45, 2.75) is 31.8 Å². The third-order valence-corrected chi connectivity index (χ3v) is 4.19. The van der Waals surface area contributed by atoms with Crippen LogP contribution in [0.3, 0.4) is 0 Å². The Bertz CT molecular complexity index is 765. The first-order valence-corrected chi connectivity index (χ1v) is 8.86. The summed E-state index contributed by atoms with van der Waals surface area (Å²) >= 11 is 0. The quantitative estimate of drug-likeness (QED) is 0.767. The van der Waals surface area contributed by atoms with E-state index in [1.165, 1.54) is 0 Å². The highest BCUT2D eigenvalue weighted by Crippen LogP contribution is 2.28. The highest BCUT2D eigenvalue weighted by atomic mass is 16.8. The van der Waals surface area contributed by atoms with Crippen LogP contribution in [0.1, 0.15) is 25.0 Å². The Kier molecular flexibility index (Phi) is 5.88. The summed E-state index contributed by atoms with van der Waals surface area (Å²) in [7, 11) is 0. The fourth-order valence-corrected chi connectivity index (χ4v) is 2.92. The minimum Gasteiger partial charge on any atom is -0.507 e. The van der Waals surface area contributed by atoms with Crippen LogP contribution in [0.25, 0.3) is 0 Å². The van der Waals surface area contributed by atoms with Gasteiger partial charge in [-0.15, -0.1) is 0 Å². The zero-order valence-electron chi connectivity index (χ0n) is 15.4. The molecule has 2 aromatic rings. The standard InChI is InChI=1S/C21H24N2O4/c1-21(2)26-19(13-22-11-15-7-3-5-9-17(15)24)20(27-21)14-23-12-16-8-4-6-10-18(16)25/h3-12,19-20,24-25H,13-14H2,1-2H3/t19-,20-/m0/s1. The summed E-state index contributed by atoms with van der Waals surface area (Å²) in [5.74, 6) is -0.326. The Hall–Kier alpha value is -2.70.